The summed E-state index contributed by atoms with van der Waals surface area (Å²) in [7, 11) is 0. The van der Waals surface area contributed by atoms with Gasteiger partial charge in [-0.25, -0.2) is 4.98 Å². The van der Waals surface area contributed by atoms with Crippen molar-refractivity contribution in [3.8, 4) is 0 Å². The maximum absolute atomic E-state index is 12.5. The van der Waals surface area contributed by atoms with Gasteiger partial charge in [-0.15, -0.1) is 0 Å². The quantitative estimate of drug-likeness (QED) is 0.879. The highest BCUT2D eigenvalue weighted by atomic mass is 16.3. The predicted molar refractivity (Wildman–Crippen MR) is 93.7 cm³/mol. The summed E-state index contributed by atoms with van der Waals surface area (Å²) in [5.74, 6) is 0.161. The van der Waals surface area contributed by atoms with Crippen molar-refractivity contribution < 1.29 is 9.90 Å². The zero-order valence-electron chi connectivity index (χ0n) is 14.2. The molecule has 4 rings (SSSR count). The maximum Gasteiger partial charge on any atom is 0.224 e. The lowest BCUT2D eigenvalue weighted by Crippen LogP contribution is -2.50. The number of carbonyl (C=O) groups is 1. The largest absolute Gasteiger partial charge is 0.390 e. The number of nitrogens with zero attached hydrogens (tertiary/aromatic N) is 3. The van der Waals surface area contributed by atoms with Crippen molar-refractivity contribution in [1.82, 2.24) is 14.5 Å². The number of hydrogen-bond donors (Lipinski definition) is 2. The molecule has 1 aliphatic heterocycles. The number of nitrogens with two attached hydrogens (primary N) is 1. The molecule has 0 saturated carbocycles. The SMILES string of the molecule is N[C@@H]1c2ccccc2C2(CCN(C(=O)CCn3ccnc3)CC2)[C@H]1O. The number of aliphatic hydroxyl groups excluding tert-OH is 1. The van der Waals surface area contributed by atoms with Crippen molar-refractivity contribution in [2.75, 3.05) is 13.1 Å². The average molecular weight is 340 g/mol. The van der Waals surface area contributed by atoms with Gasteiger partial charge in [0.2, 0.25) is 5.91 Å². The molecule has 25 heavy (non-hydrogen) atoms. The zero-order valence-corrected chi connectivity index (χ0v) is 14.2. The average Bonchev–Trinajstić information content (AvgIpc) is 3.24. The summed E-state index contributed by atoms with van der Waals surface area (Å²) in [6.07, 6.45) is 6.73. The number of rotatable bonds is 3. The Morgan fingerprint density at radius 2 is 2.08 bits per heavy atom. The normalized spacial score (nSPS) is 24.5. The van der Waals surface area contributed by atoms with Crippen LogP contribution in [0.1, 0.15) is 36.4 Å². The summed E-state index contributed by atoms with van der Waals surface area (Å²) < 4.78 is 1.92. The second kappa shape index (κ2) is 6.28. The number of carbonyl (C=O) groups excluding carboxylic acids is 1. The Balaban J connectivity index is 1.43. The molecular formula is C19H24N4O2. The minimum atomic E-state index is -0.576. The molecule has 2 aromatic rings. The van der Waals surface area contributed by atoms with Gasteiger partial charge in [0.25, 0.3) is 0 Å². The van der Waals surface area contributed by atoms with Gasteiger partial charge in [-0.3, -0.25) is 4.79 Å². The Hall–Kier alpha value is -2.18. The third kappa shape index (κ3) is 2.65. The fraction of sp³-hybridized carbons (Fsp3) is 0.474. The maximum atomic E-state index is 12.5. The standard InChI is InChI=1S/C19H24N4O2/c20-17-14-3-1-2-4-15(14)19(18(17)25)6-10-23(11-7-19)16(24)5-9-22-12-8-21-13-22/h1-4,8,12-13,17-18,25H,5-7,9-11,20H2/t17-,18+/m1/s1. The topological polar surface area (TPSA) is 84.4 Å². The van der Waals surface area contributed by atoms with E-state index in [1.165, 1.54) is 5.56 Å². The van der Waals surface area contributed by atoms with Crippen LogP contribution in [0.15, 0.2) is 43.0 Å². The summed E-state index contributed by atoms with van der Waals surface area (Å²) >= 11 is 0. The molecule has 2 atom stereocenters. The third-order valence-electron chi connectivity index (χ3n) is 5.91. The lowest BCUT2D eigenvalue weighted by molar-refractivity contribution is -0.133. The fourth-order valence-corrected chi connectivity index (χ4v) is 4.44. The number of benzene rings is 1. The Morgan fingerprint density at radius 3 is 2.80 bits per heavy atom. The minimum absolute atomic E-state index is 0.161. The smallest absolute Gasteiger partial charge is 0.224 e. The summed E-state index contributed by atoms with van der Waals surface area (Å²) in [5.41, 5.74) is 8.16. The lowest BCUT2D eigenvalue weighted by Gasteiger charge is -2.42. The highest BCUT2D eigenvalue weighted by Gasteiger charge is 2.51. The van der Waals surface area contributed by atoms with E-state index in [9.17, 15) is 9.90 Å². The minimum Gasteiger partial charge on any atom is -0.390 e. The van der Waals surface area contributed by atoms with Crippen LogP contribution in [0.4, 0.5) is 0 Å². The first-order valence-electron chi connectivity index (χ1n) is 8.88. The van der Waals surface area contributed by atoms with Gasteiger partial charge in [-0.1, -0.05) is 24.3 Å². The number of piperidine rings is 1. The van der Waals surface area contributed by atoms with Gasteiger partial charge >= 0.3 is 0 Å². The van der Waals surface area contributed by atoms with E-state index in [1.54, 1.807) is 12.5 Å². The van der Waals surface area contributed by atoms with Crippen LogP contribution in [0.3, 0.4) is 0 Å². The third-order valence-corrected chi connectivity index (χ3v) is 5.91. The van der Waals surface area contributed by atoms with Gasteiger partial charge in [-0.2, -0.15) is 0 Å². The Kier molecular flexibility index (Phi) is 4.09. The van der Waals surface area contributed by atoms with E-state index < -0.39 is 6.10 Å². The molecule has 1 fully saturated rings. The van der Waals surface area contributed by atoms with Crippen molar-refractivity contribution in [2.24, 2.45) is 5.73 Å². The zero-order chi connectivity index (χ0) is 17.4. The van der Waals surface area contributed by atoms with Crippen LogP contribution in [0.2, 0.25) is 0 Å². The van der Waals surface area contributed by atoms with Crippen LogP contribution in [0.25, 0.3) is 0 Å². The number of imidazole rings is 1. The van der Waals surface area contributed by atoms with E-state index in [0.29, 0.717) is 26.1 Å². The number of aromatic nitrogens is 2. The van der Waals surface area contributed by atoms with Crippen molar-refractivity contribution in [3.05, 3.63) is 54.1 Å². The molecule has 1 spiro atoms. The molecule has 6 heteroatoms. The second-order valence-electron chi connectivity index (χ2n) is 7.15. The van der Waals surface area contributed by atoms with E-state index in [-0.39, 0.29) is 17.4 Å². The Bertz CT molecular complexity index is 751. The number of aliphatic hydroxyl groups is 1. The number of likely N-dealkylation sites (tertiary alicyclic amines) is 1. The van der Waals surface area contributed by atoms with E-state index >= 15 is 0 Å². The first-order chi connectivity index (χ1) is 12.1. The van der Waals surface area contributed by atoms with E-state index in [0.717, 1.165) is 18.4 Å². The summed E-state index contributed by atoms with van der Waals surface area (Å²) in [6.45, 7) is 1.98. The Labute approximate surface area is 147 Å². The van der Waals surface area contributed by atoms with Crippen molar-refractivity contribution in [1.29, 1.82) is 0 Å². The molecule has 1 aromatic carbocycles. The lowest BCUT2D eigenvalue weighted by atomic mass is 9.72. The highest BCUT2D eigenvalue weighted by molar-refractivity contribution is 5.76. The summed E-state index contributed by atoms with van der Waals surface area (Å²) in [4.78, 5) is 18.4. The van der Waals surface area contributed by atoms with Crippen molar-refractivity contribution in [3.63, 3.8) is 0 Å². The van der Waals surface area contributed by atoms with Crippen LogP contribution in [-0.2, 0) is 16.8 Å². The molecule has 0 radical (unpaired) electrons. The van der Waals surface area contributed by atoms with Gasteiger partial charge in [0.1, 0.15) is 0 Å². The molecule has 3 N–H and O–H groups in total. The first kappa shape index (κ1) is 16.3. The molecule has 1 aromatic heterocycles. The molecule has 2 aliphatic rings. The number of hydrogen-bond acceptors (Lipinski definition) is 4. The summed E-state index contributed by atoms with van der Waals surface area (Å²) in [6, 6.07) is 7.75. The van der Waals surface area contributed by atoms with Crippen LogP contribution in [0.5, 0.6) is 0 Å². The molecule has 132 valence electrons. The highest BCUT2D eigenvalue weighted by Crippen LogP contribution is 2.49. The number of amides is 1. The number of aryl methyl sites for hydroxylation is 1. The van der Waals surface area contributed by atoms with Crippen LogP contribution in [-0.4, -0.2) is 44.7 Å². The van der Waals surface area contributed by atoms with Gasteiger partial charge in [0, 0.05) is 43.9 Å². The molecule has 2 heterocycles. The van der Waals surface area contributed by atoms with Crippen LogP contribution >= 0.6 is 0 Å². The molecule has 6 nitrogen and oxygen atoms in total. The predicted octanol–water partition coefficient (Wildman–Crippen LogP) is 1.21. The fourth-order valence-electron chi connectivity index (χ4n) is 4.44. The van der Waals surface area contributed by atoms with E-state index in [4.69, 9.17) is 5.73 Å². The van der Waals surface area contributed by atoms with Gasteiger partial charge in [-0.05, 0) is 24.0 Å². The van der Waals surface area contributed by atoms with Gasteiger partial charge in [0.05, 0.1) is 18.5 Å². The van der Waals surface area contributed by atoms with Gasteiger partial charge < -0.3 is 20.3 Å². The van der Waals surface area contributed by atoms with Gasteiger partial charge in [0.15, 0.2) is 0 Å². The van der Waals surface area contributed by atoms with Crippen LogP contribution in [0, 0.1) is 0 Å². The molecule has 0 bridgehead atoms. The molecule has 1 aliphatic carbocycles. The summed E-state index contributed by atoms with van der Waals surface area (Å²) in [5, 5.41) is 10.8. The molecule has 0 unspecified atom stereocenters. The molecular weight excluding hydrogens is 316 g/mol. The van der Waals surface area contributed by atoms with E-state index in [1.807, 2.05) is 33.9 Å². The van der Waals surface area contributed by atoms with E-state index in [2.05, 4.69) is 11.1 Å². The second-order valence-corrected chi connectivity index (χ2v) is 7.15. The van der Waals surface area contributed by atoms with Crippen molar-refractivity contribution >= 4 is 5.91 Å². The Morgan fingerprint density at radius 1 is 1.32 bits per heavy atom. The monoisotopic (exact) mass is 340 g/mol. The van der Waals surface area contributed by atoms with Crippen LogP contribution < -0.4 is 5.73 Å². The number of fused-ring (bicyclic) bond motifs is 2. The molecule has 1 amide bonds. The first-order valence-corrected chi connectivity index (χ1v) is 8.88. The molecule has 1 saturated heterocycles. The van der Waals surface area contributed by atoms with Crippen molar-refractivity contribution in [2.45, 2.75) is 43.4 Å².